The summed E-state index contributed by atoms with van der Waals surface area (Å²) in [6.45, 7) is 6.51. The van der Waals surface area contributed by atoms with Crippen LogP contribution in [0.1, 0.15) is 72.1 Å². The van der Waals surface area contributed by atoms with Crippen molar-refractivity contribution in [2.24, 2.45) is 5.92 Å². The highest BCUT2D eigenvalue weighted by Crippen LogP contribution is 2.69. The third-order valence-electron chi connectivity index (χ3n) is 9.07. The van der Waals surface area contributed by atoms with Crippen LogP contribution in [0.25, 0.3) is 0 Å². The van der Waals surface area contributed by atoms with Crippen molar-refractivity contribution < 1.29 is 56.7 Å². The Morgan fingerprint density at radius 2 is 0.983 bits per heavy atom. The van der Waals surface area contributed by atoms with E-state index in [0.29, 0.717) is 52.5 Å². The number of ether oxygens (including phenoxy) is 6. The SMILES string of the molecule is C#CCOCCOCCNC(=O)CCC(CCC(=O)NCCOCCOCC#C)(CCC(=O)NCCOCCOCC#C)NC(=O)[C@H]1C[C@H](OP(=O)(SC)C(C)(C)C)C1. The van der Waals surface area contributed by atoms with Crippen LogP contribution in [0.4, 0.5) is 0 Å². The molecule has 59 heavy (non-hydrogen) atoms. The number of hydrogen-bond donors (Lipinski definition) is 4. The monoisotopic (exact) mass is 870 g/mol. The van der Waals surface area contributed by atoms with E-state index in [1.165, 1.54) is 11.4 Å². The van der Waals surface area contributed by atoms with Crippen LogP contribution in [-0.2, 0) is 56.7 Å². The van der Waals surface area contributed by atoms with Crippen LogP contribution in [0, 0.1) is 42.9 Å². The molecule has 1 rings (SSSR count). The lowest BCUT2D eigenvalue weighted by molar-refractivity contribution is -0.134. The summed E-state index contributed by atoms with van der Waals surface area (Å²) in [7, 11) is 0. The van der Waals surface area contributed by atoms with Crippen LogP contribution in [-0.4, -0.2) is 146 Å². The minimum atomic E-state index is -3.05. The molecule has 0 radical (unpaired) electrons. The quantitative estimate of drug-likeness (QED) is 0.0413. The highest BCUT2D eigenvalue weighted by atomic mass is 32.7. The number of carbonyl (C=O) groups is 4. The number of terminal acetylenes is 3. The summed E-state index contributed by atoms with van der Waals surface area (Å²) in [4.78, 5) is 53.2. The second-order valence-electron chi connectivity index (χ2n) is 14.7. The van der Waals surface area contributed by atoms with Gasteiger partial charge in [-0.25, -0.2) is 0 Å². The van der Waals surface area contributed by atoms with E-state index in [1.807, 2.05) is 20.8 Å². The van der Waals surface area contributed by atoms with Gasteiger partial charge in [0.1, 0.15) is 19.8 Å². The molecule has 1 saturated carbocycles. The number of rotatable bonds is 35. The lowest BCUT2D eigenvalue weighted by Crippen LogP contribution is -2.54. The van der Waals surface area contributed by atoms with Gasteiger partial charge < -0.3 is 54.2 Å². The first-order valence-electron chi connectivity index (χ1n) is 20.0. The molecule has 334 valence electrons. The van der Waals surface area contributed by atoms with Gasteiger partial charge in [0.2, 0.25) is 23.6 Å². The molecular formula is C41H67N4O12PS. The molecule has 16 nitrogen and oxygen atoms in total. The van der Waals surface area contributed by atoms with E-state index in [2.05, 4.69) is 39.0 Å². The first-order valence-corrected chi connectivity index (χ1v) is 23.4. The highest BCUT2D eigenvalue weighted by molar-refractivity contribution is 8.56. The first kappa shape index (κ1) is 53.9. The number of carbonyl (C=O) groups excluding carboxylic acids is 4. The Balaban J connectivity index is 3.06. The van der Waals surface area contributed by atoms with Gasteiger partial charge >= 0.3 is 0 Å². The summed E-state index contributed by atoms with van der Waals surface area (Å²) in [5.41, 5.74) is -1.12. The van der Waals surface area contributed by atoms with Gasteiger partial charge in [-0.2, -0.15) is 0 Å². The summed E-state index contributed by atoms with van der Waals surface area (Å²) in [5, 5.41) is 11.1. The van der Waals surface area contributed by atoms with E-state index in [0.717, 1.165) is 0 Å². The summed E-state index contributed by atoms with van der Waals surface area (Å²) >= 11 is 1.20. The Labute approximate surface area is 355 Å². The normalized spacial score (nSPS) is 16.0. The summed E-state index contributed by atoms with van der Waals surface area (Å²) in [6.07, 6.45) is 18.1. The topological polar surface area (TPSA) is 198 Å². The van der Waals surface area contributed by atoms with Crippen molar-refractivity contribution in [2.75, 3.05) is 105 Å². The highest BCUT2D eigenvalue weighted by Gasteiger charge is 2.46. The molecule has 0 aromatic rings. The Morgan fingerprint density at radius 1 is 0.627 bits per heavy atom. The summed E-state index contributed by atoms with van der Waals surface area (Å²) < 4.78 is 51.6. The Hall–Kier alpha value is -3.14. The number of amides is 4. The molecule has 4 amide bonds. The van der Waals surface area contributed by atoms with Crippen molar-refractivity contribution in [3.05, 3.63) is 0 Å². The second-order valence-corrected chi connectivity index (χ2v) is 20.1. The molecule has 0 spiro atoms. The molecule has 0 saturated heterocycles. The van der Waals surface area contributed by atoms with Crippen molar-refractivity contribution >= 4 is 41.6 Å². The first-order chi connectivity index (χ1) is 28.2. The number of nitrogens with one attached hydrogen (secondary N) is 4. The van der Waals surface area contributed by atoms with Crippen LogP contribution >= 0.6 is 18.0 Å². The van der Waals surface area contributed by atoms with E-state index in [4.69, 9.17) is 52.2 Å². The van der Waals surface area contributed by atoms with E-state index in [9.17, 15) is 23.7 Å². The van der Waals surface area contributed by atoms with Gasteiger partial charge in [0, 0.05) is 55.5 Å². The summed E-state index contributed by atoms with van der Waals surface area (Å²) in [5.74, 6) is 5.52. The molecule has 0 aliphatic heterocycles. The lowest BCUT2D eigenvalue weighted by Gasteiger charge is -2.42. The zero-order chi connectivity index (χ0) is 43.8. The lowest BCUT2D eigenvalue weighted by atomic mass is 9.78. The molecule has 1 aliphatic carbocycles. The van der Waals surface area contributed by atoms with Crippen molar-refractivity contribution in [3.63, 3.8) is 0 Å². The fourth-order valence-corrected chi connectivity index (χ4v) is 9.41. The maximum Gasteiger partial charge on any atom is 0.262 e. The molecule has 0 aromatic heterocycles. The van der Waals surface area contributed by atoms with E-state index in [1.54, 1.807) is 6.26 Å². The molecule has 1 fully saturated rings. The maximum absolute atomic E-state index is 13.9. The van der Waals surface area contributed by atoms with Crippen molar-refractivity contribution in [1.82, 2.24) is 21.3 Å². The van der Waals surface area contributed by atoms with Gasteiger partial charge in [0.25, 0.3) is 6.57 Å². The largest absolute Gasteiger partial charge is 0.377 e. The number of hydrogen-bond acceptors (Lipinski definition) is 13. The fourth-order valence-electron chi connectivity index (χ4n) is 5.63. The van der Waals surface area contributed by atoms with Gasteiger partial charge in [-0.15, -0.1) is 19.3 Å². The third kappa shape index (κ3) is 24.6. The average Bonchev–Trinajstić information content (AvgIpc) is 3.19. The van der Waals surface area contributed by atoms with E-state index in [-0.39, 0.29) is 128 Å². The zero-order valence-electron chi connectivity index (χ0n) is 35.4. The zero-order valence-corrected chi connectivity index (χ0v) is 37.1. The Morgan fingerprint density at radius 3 is 1.31 bits per heavy atom. The fraction of sp³-hybridized carbons (Fsp3) is 0.756. The van der Waals surface area contributed by atoms with Crippen LogP contribution in [0.5, 0.6) is 0 Å². The molecule has 1 atom stereocenters. The van der Waals surface area contributed by atoms with E-state index >= 15 is 0 Å². The molecule has 0 bridgehead atoms. The standard InChI is InChI=1S/C41H67N4O12PS/c1-8-20-51-26-29-54-23-17-42-36(46)11-14-41(15-12-37(47)43-18-24-55-30-27-52-21-9-2,16-13-38(48)44-19-25-56-31-28-53-22-10-3)45-39(49)34-32-35(33-34)57-58(50,59-7)40(4,5)6/h1-3,34-35H,11-33H2,4-7H3,(H,42,46)(H,43,47)(H,44,48)(H,45,49)/t34-,35-,58?. The van der Waals surface area contributed by atoms with Gasteiger partial charge in [0.15, 0.2) is 0 Å². The van der Waals surface area contributed by atoms with Crippen LogP contribution < -0.4 is 21.3 Å². The summed E-state index contributed by atoms with van der Waals surface area (Å²) in [6, 6.07) is 0. The molecule has 1 unspecified atom stereocenters. The molecule has 0 aromatic carbocycles. The second kappa shape index (κ2) is 31.7. The maximum atomic E-state index is 13.9. The Kier molecular flexibility index (Phi) is 28.9. The van der Waals surface area contributed by atoms with Gasteiger partial charge in [-0.1, -0.05) is 49.9 Å². The van der Waals surface area contributed by atoms with Crippen LogP contribution in [0.2, 0.25) is 0 Å². The molecular weight excluding hydrogens is 804 g/mol. The molecule has 4 N–H and O–H groups in total. The predicted molar refractivity (Wildman–Crippen MR) is 227 cm³/mol. The minimum absolute atomic E-state index is 0.00113. The molecule has 18 heteroatoms. The van der Waals surface area contributed by atoms with Crippen molar-refractivity contribution in [3.8, 4) is 37.0 Å². The van der Waals surface area contributed by atoms with E-state index < -0.39 is 23.2 Å². The van der Waals surface area contributed by atoms with Crippen LogP contribution in [0.15, 0.2) is 0 Å². The van der Waals surface area contributed by atoms with Crippen LogP contribution in [0.3, 0.4) is 0 Å². The van der Waals surface area contributed by atoms with Gasteiger partial charge in [-0.3, -0.25) is 23.7 Å². The third-order valence-corrected chi connectivity index (χ3v) is 15.1. The molecule has 1 aliphatic rings. The average molecular weight is 871 g/mol. The molecule has 0 heterocycles. The van der Waals surface area contributed by atoms with Crippen molar-refractivity contribution in [1.29, 1.82) is 0 Å². The van der Waals surface area contributed by atoms with Gasteiger partial charge in [-0.05, 0) is 38.4 Å². The minimum Gasteiger partial charge on any atom is -0.377 e. The van der Waals surface area contributed by atoms with Gasteiger partial charge in [0.05, 0.1) is 65.6 Å². The smallest absolute Gasteiger partial charge is 0.262 e. The predicted octanol–water partition coefficient (Wildman–Crippen LogP) is 2.68. The van der Waals surface area contributed by atoms with Crippen molar-refractivity contribution in [2.45, 2.75) is 88.9 Å². The Bertz CT molecular complexity index is 1310.